The van der Waals surface area contributed by atoms with Crippen LogP contribution in [-0.4, -0.2) is 78.8 Å². The number of hydrogen-bond acceptors (Lipinski definition) is 6. The minimum absolute atomic E-state index is 0.0740. The predicted molar refractivity (Wildman–Crippen MR) is 145 cm³/mol. The van der Waals surface area contributed by atoms with Crippen LogP contribution in [0.2, 0.25) is 0 Å². The summed E-state index contributed by atoms with van der Waals surface area (Å²) in [4.78, 5) is 43.8. The quantitative estimate of drug-likeness (QED) is 0.438. The molecule has 0 radical (unpaired) electrons. The van der Waals surface area contributed by atoms with Gasteiger partial charge in [-0.1, -0.05) is 19.4 Å². The van der Waals surface area contributed by atoms with Gasteiger partial charge in [0.2, 0.25) is 18.6 Å². The number of hydrogen-bond donors (Lipinski definition) is 1. The van der Waals surface area contributed by atoms with Gasteiger partial charge in [-0.2, -0.15) is 0 Å². The van der Waals surface area contributed by atoms with Gasteiger partial charge in [0.1, 0.15) is 12.7 Å². The number of aromatic nitrogens is 1. The van der Waals surface area contributed by atoms with Gasteiger partial charge in [0.25, 0.3) is 0 Å². The number of carboxylic acid groups (broad SMARTS) is 1. The van der Waals surface area contributed by atoms with Crippen LogP contribution in [0.15, 0.2) is 42.7 Å². The minimum atomic E-state index is -0.916. The average Bonchev–Trinajstić information content (AvgIpc) is 3.51. The van der Waals surface area contributed by atoms with Crippen molar-refractivity contribution in [3.8, 4) is 11.5 Å². The lowest BCUT2D eigenvalue weighted by Gasteiger charge is -2.30. The molecule has 0 unspecified atom stereocenters. The Bertz CT molecular complexity index is 1200. The number of aliphatic carboxylic acids is 1. The third-order valence-corrected chi connectivity index (χ3v) is 7.77. The summed E-state index contributed by atoms with van der Waals surface area (Å²) in [5, 5.41) is 10.4. The van der Waals surface area contributed by atoms with Crippen LogP contribution in [0.3, 0.4) is 0 Å². The van der Waals surface area contributed by atoms with Crippen LogP contribution in [0.4, 0.5) is 5.69 Å². The van der Waals surface area contributed by atoms with Crippen molar-refractivity contribution in [3.63, 3.8) is 0 Å². The van der Waals surface area contributed by atoms with E-state index in [0.29, 0.717) is 37.6 Å². The molecule has 1 N–H and O–H groups in total. The summed E-state index contributed by atoms with van der Waals surface area (Å²) in [6.45, 7) is 5.18. The average molecular weight is 540 g/mol. The number of unbranched alkanes of at least 4 members (excludes halogenated alkanes) is 1. The van der Waals surface area contributed by atoms with E-state index in [4.69, 9.17) is 9.47 Å². The lowest BCUT2D eigenvalue weighted by atomic mass is 9.84. The molecule has 39 heavy (non-hydrogen) atoms. The molecule has 2 aromatic rings. The van der Waals surface area contributed by atoms with Gasteiger partial charge >= 0.3 is 5.97 Å². The van der Waals surface area contributed by atoms with Crippen LogP contribution < -0.4 is 18.9 Å². The Hall–Kier alpha value is -3.66. The molecular formula is C29H39N4O6+. The molecule has 4 rings (SSSR count). The normalized spacial score (nSPS) is 20.2. The second-order valence-corrected chi connectivity index (χ2v) is 10.4. The fourth-order valence-electron chi connectivity index (χ4n) is 5.52. The van der Waals surface area contributed by atoms with E-state index in [-0.39, 0.29) is 31.1 Å². The van der Waals surface area contributed by atoms with Crippen molar-refractivity contribution in [2.24, 2.45) is 13.0 Å². The molecule has 3 atom stereocenters. The first-order valence-corrected chi connectivity index (χ1v) is 13.5. The summed E-state index contributed by atoms with van der Waals surface area (Å²) in [5.74, 6) is -0.943. The highest BCUT2D eigenvalue weighted by Crippen LogP contribution is 2.42. The van der Waals surface area contributed by atoms with Crippen LogP contribution in [0, 0.1) is 5.92 Å². The highest BCUT2D eigenvalue weighted by molar-refractivity contribution is 5.94. The smallest absolute Gasteiger partial charge is 0.308 e. The molecule has 0 spiro atoms. The lowest BCUT2D eigenvalue weighted by Crippen LogP contribution is -2.46. The zero-order chi connectivity index (χ0) is 28.1. The maximum Gasteiger partial charge on any atom is 0.308 e. The molecule has 10 nitrogen and oxygen atoms in total. The van der Waals surface area contributed by atoms with Crippen LogP contribution in [0.5, 0.6) is 11.5 Å². The van der Waals surface area contributed by atoms with E-state index < -0.39 is 17.9 Å². The molecule has 10 heteroatoms. The molecule has 1 aromatic carbocycles. The van der Waals surface area contributed by atoms with E-state index in [1.54, 1.807) is 16.8 Å². The summed E-state index contributed by atoms with van der Waals surface area (Å²) < 4.78 is 12.9. The highest BCUT2D eigenvalue weighted by Gasteiger charge is 2.47. The molecule has 0 saturated carbocycles. The van der Waals surface area contributed by atoms with Crippen LogP contribution in [0.1, 0.15) is 44.6 Å². The Morgan fingerprint density at radius 2 is 1.92 bits per heavy atom. The molecule has 2 aliphatic heterocycles. The number of rotatable bonds is 11. The summed E-state index contributed by atoms with van der Waals surface area (Å²) in [7, 11) is 3.63. The molecule has 2 amide bonds. The van der Waals surface area contributed by atoms with Crippen LogP contribution in [0.25, 0.3) is 0 Å². The number of anilines is 1. The zero-order valence-corrected chi connectivity index (χ0v) is 23.2. The summed E-state index contributed by atoms with van der Waals surface area (Å²) in [6.07, 6.45) is 6.08. The number of amides is 2. The van der Waals surface area contributed by atoms with Gasteiger partial charge in [-0.3, -0.25) is 19.3 Å². The largest absolute Gasteiger partial charge is 0.481 e. The van der Waals surface area contributed by atoms with Crippen LogP contribution in [-0.2, 0) is 21.4 Å². The monoisotopic (exact) mass is 539 g/mol. The van der Waals surface area contributed by atoms with E-state index >= 15 is 0 Å². The van der Waals surface area contributed by atoms with Gasteiger partial charge in [-0.15, -0.1) is 0 Å². The number of benzene rings is 1. The Morgan fingerprint density at radius 3 is 2.62 bits per heavy atom. The van der Waals surface area contributed by atoms with Crippen molar-refractivity contribution in [2.75, 3.05) is 44.9 Å². The third-order valence-electron chi connectivity index (χ3n) is 7.77. The first kappa shape index (κ1) is 28.4. The molecular weight excluding hydrogens is 500 g/mol. The molecule has 0 aliphatic carbocycles. The molecule has 1 aromatic heterocycles. The van der Waals surface area contributed by atoms with Gasteiger partial charge in [0, 0.05) is 51.6 Å². The van der Waals surface area contributed by atoms with E-state index in [0.717, 1.165) is 24.1 Å². The number of fused-ring (bicyclic) bond motifs is 1. The molecule has 210 valence electrons. The van der Waals surface area contributed by atoms with E-state index in [2.05, 4.69) is 6.92 Å². The summed E-state index contributed by atoms with van der Waals surface area (Å²) in [6, 6.07) is 8.95. The molecule has 0 bridgehead atoms. The Labute approximate surface area is 229 Å². The number of carbonyl (C=O) groups is 3. The van der Waals surface area contributed by atoms with Crippen molar-refractivity contribution in [1.29, 1.82) is 0 Å². The van der Waals surface area contributed by atoms with E-state index in [9.17, 15) is 19.5 Å². The first-order valence-electron chi connectivity index (χ1n) is 13.5. The van der Waals surface area contributed by atoms with Gasteiger partial charge < -0.3 is 24.4 Å². The Morgan fingerprint density at radius 1 is 1.15 bits per heavy atom. The molecule has 3 heterocycles. The second-order valence-electron chi connectivity index (χ2n) is 10.4. The SMILES string of the molecule is CCCCN(C(=O)CN1C[C@H](c2ccc3c(c2)OCO3)[C@@H](C(=O)O)[C@@H]1CCN(C)C(C)=O)c1ccc[n+](C)c1. The van der Waals surface area contributed by atoms with Gasteiger partial charge in [-0.05, 0) is 36.6 Å². The lowest BCUT2D eigenvalue weighted by molar-refractivity contribution is -0.670. The Balaban J connectivity index is 1.63. The second kappa shape index (κ2) is 12.5. The topological polar surface area (TPSA) is 104 Å². The molecule has 1 saturated heterocycles. The van der Waals surface area contributed by atoms with E-state index in [1.165, 1.54) is 6.92 Å². The van der Waals surface area contributed by atoms with Gasteiger partial charge in [0.15, 0.2) is 23.9 Å². The fourth-order valence-corrected chi connectivity index (χ4v) is 5.52. The summed E-state index contributed by atoms with van der Waals surface area (Å²) in [5.41, 5.74) is 1.65. The van der Waals surface area contributed by atoms with Crippen molar-refractivity contribution < 1.29 is 33.5 Å². The number of ether oxygens (including phenoxy) is 2. The maximum atomic E-state index is 13.8. The highest BCUT2D eigenvalue weighted by atomic mass is 16.7. The van der Waals surface area contributed by atoms with Gasteiger partial charge in [-0.25, -0.2) is 4.57 Å². The van der Waals surface area contributed by atoms with E-state index in [1.807, 2.05) is 59.2 Å². The number of likely N-dealkylation sites (tertiary alicyclic amines) is 1. The molecule has 2 aliphatic rings. The van der Waals surface area contributed by atoms with Crippen molar-refractivity contribution in [1.82, 2.24) is 9.80 Å². The van der Waals surface area contributed by atoms with Crippen LogP contribution >= 0.6 is 0 Å². The van der Waals surface area contributed by atoms with Gasteiger partial charge in [0.05, 0.1) is 12.5 Å². The number of nitrogens with zero attached hydrogens (tertiary/aromatic N) is 4. The third kappa shape index (κ3) is 6.50. The standard InChI is InChI=1S/C29H38N4O6/c1-5-6-13-33(22-8-7-12-30(3)16-22)27(35)18-32-17-23(21-9-10-25-26(15-21)39-19-38-25)28(29(36)37)24(32)11-14-31(4)20(2)34/h7-10,12,15-16,23-24,28H,5-6,11,13-14,17-19H2,1-4H3/p+1/t23-,24+,28-/m1/s1. The van der Waals surface area contributed by atoms with Crippen molar-refractivity contribution >= 4 is 23.5 Å². The maximum absolute atomic E-state index is 13.8. The molecule has 1 fully saturated rings. The van der Waals surface area contributed by atoms with Crippen molar-refractivity contribution in [2.45, 2.75) is 45.1 Å². The van der Waals surface area contributed by atoms with Crippen molar-refractivity contribution in [3.05, 3.63) is 48.3 Å². The fraction of sp³-hybridized carbons (Fsp3) is 0.517. The number of aryl methyl sites for hydroxylation is 1. The first-order chi connectivity index (χ1) is 18.7. The minimum Gasteiger partial charge on any atom is -0.481 e. The predicted octanol–water partition coefficient (Wildman–Crippen LogP) is 2.41. The summed E-state index contributed by atoms with van der Waals surface area (Å²) >= 11 is 0. The zero-order valence-electron chi connectivity index (χ0n) is 23.2. The number of carboxylic acids is 1. The Kier molecular flexibility index (Phi) is 9.06. The number of carbonyl (C=O) groups excluding carboxylic acids is 2. The number of pyridine rings is 1.